The lowest BCUT2D eigenvalue weighted by Crippen LogP contribution is -2.10. The van der Waals surface area contributed by atoms with Gasteiger partial charge in [0.2, 0.25) is 0 Å². The average molecular weight is 577 g/mol. The van der Waals surface area contributed by atoms with Crippen molar-refractivity contribution < 1.29 is 24.4 Å². The molecule has 0 unspecified atom stereocenters. The molecule has 2 nitrogen and oxygen atoms in total. The molecule has 0 bridgehead atoms. The number of halogens is 3. The molecule has 0 saturated heterocycles. The molecule has 2 heterocycles. The molecule has 0 aliphatic heterocycles. The zero-order valence-corrected chi connectivity index (χ0v) is 22.4. The van der Waals surface area contributed by atoms with E-state index >= 15 is 0 Å². The van der Waals surface area contributed by atoms with E-state index < -0.39 is 53.2 Å². The highest BCUT2D eigenvalue weighted by molar-refractivity contribution is 7.26. The summed E-state index contributed by atoms with van der Waals surface area (Å²) in [5, 5.41) is 3.28. The topological polar surface area (TPSA) is 16.4 Å². The first-order valence-corrected chi connectivity index (χ1v) is 13.8. The minimum absolute atomic E-state index is 0.116. The molecule has 0 spiro atoms. The van der Waals surface area contributed by atoms with E-state index in [0.29, 0.717) is 40.1 Å². The molecule has 8 aromatic rings. The highest BCUT2D eigenvalue weighted by Gasteiger charge is 2.24. The number of benzene rings is 6. The third kappa shape index (κ3) is 3.80. The number of anilines is 3. The number of thiophene rings is 1. The molecule has 42 heavy (non-hydrogen) atoms. The maximum absolute atomic E-state index is 14.7. The van der Waals surface area contributed by atoms with Gasteiger partial charge in [0.25, 0.3) is 0 Å². The number of furan rings is 1. The van der Waals surface area contributed by atoms with Gasteiger partial charge in [0, 0.05) is 49.1 Å². The summed E-state index contributed by atoms with van der Waals surface area (Å²) in [5.74, 6) is -3.18. The molecule has 0 aliphatic rings. The van der Waals surface area contributed by atoms with Crippen molar-refractivity contribution in [3.63, 3.8) is 0 Å². The lowest BCUT2D eigenvalue weighted by Gasteiger charge is -2.26. The van der Waals surface area contributed by atoms with E-state index in [1.807, 2.05) is 54.6 Å². The first-order chi connectivity index (χ1) is 22.6. The molecule has 0 aliphatic carbocycles. The number of fused-ring (bicyclic) bond motifs is 7. The quantitative estimate of drug-likeness (QED) is 0.207. The second-order valence-electron chi connectivity index (χ2n) is 9.77. The Morgan fingerprint density at radius 2 is 1.36 bits per heavy atom. The van der Waals surface area contributed by atoms with Gasteiger partial charge in [0.05, 0.1) is 23.5 Å². The fraction of sp³-hybridized carbons (Fsp3) is 0. The molecule has 6 heteroatoms. The van der Waals surface area contributed by atoms with Crippen molar-refractivity contribution in [2.24, 2.45) is 0 Å². The van der Waals surface area contributed by atoms with Crippen molar-refractivity contribution in [3.8, 4) is 11.1 Å². The fourth-order valence-electron chi connectivity index (χ4n) is 5.59. The molecule has 0 fully saturated rings. The van der Waals surface area contributed by atoms with E-state index in [4.69, 9.17) is 11.3 Å². The van der Waals surface area contributed by atoms with Gasteiger partial charge in [-0.25, -0.2) is 13.2 Å². The van der Waals surface area contributed by atoms with E-state index in [1.54, 1.807) is 17.0 Å². The van der Waals surface area contributed by atoms with Gasteiger partial charge in [0.15, 0.2) is 0 Å². The van der Waals surface area contributed by atoms with Crippen LogP contribution in [0.15, 0.2) is 126 Å². The summed E-state index contributed by atoms with van der Waals surface area (Å²) in [5.41, 5.74) is 1.60. The van der Waals surface area contributed by atoms with Crippen LogP contribution in [0.2, 0.25) is 0 Å². The van der Waals surface area contributed by atoms with Crippen molar-refractivity contribution in [3.05, 3.63) is 139 Å². The second-order valence-corrected chi connectivity index (χ2v) is 10.9. The Labute approximate surface area is 249 Å². The summed E-state index contributed by atoms with van der Waals surface area (Å²) in [6.45, 7) is 0. The number of hydrogen-bond donors (Lipinski definition) is 0. The van der Waals surface area contributed by atoms with E-state index in [2.05, 4.69) is 0 Å². The van der Waals surface area contributed by atoms with Gasteiger partial charge in [-0.1, -0.05) is 66.7 Å². The third-order valence-corrected chi connectivity index (χ3v) is 8.46. The predicted octanol–water partition coefficient (Wildman–Crippen LogP) is 11.5. The minimum atomic E-state index is -1.07. The predicted molar refractivity (Wildman–Crippen MR) is 167 cm³/mol. The van der Waals surface area contributed by atoms with E-state index in [0.717, 1.165) is 25.6 Å². The second kappa shape index (κ2) is 9.50. The van der Waals surface area contributed by atoms with Gasteiger partial charge in [-0.3, -0.25) is 0 Å². The van der Waals surface area contributed by atoms with E-state index in [-0.39, 0.29) is 11.3 Å². The fourth-order valence-corrected chi connectivity index (χ4v) is 6.73. The normalized spacial score (nSPS) is 13.4. The minimum Gasteiger partial charge on any atom is -0.455 e. The van der Waals surface area contributed by atoms with Crippen LogP contribution in [0.5, 0.6) is 0 Å². The van der Waals surface area contributed by atoms with Crippen LogP contribution < -0.4 is 4.90 Å². The number of para-hydroxylation sites is 2. The van der Waals surface area contributed by atoms with Crippen LogP contribution in [-0.2, 0) is 0 Å². The Kier molecular flexibility index (Phi) is 4.50. The van der Waals surface area contributed by atoms with Gasteiger partial charge in [-0.2, -0.15) is 0 Å². The summed E-state index contributed by atoms with van der Waals surface area (Å²) in [6.07, 6.45) is 0. The number of nitrogens with zero attached hydrogens (tertiary/aromatic N) is 1. The first kappa shape index (κ1) is 19.9. The van der Waals surface area contributed by atoms with Gasteiger partial charge in [0.1, 0.15) is 28.6 Å². The lowest BCUT2D eigenvalue weighted by atomic mass is 10.0. The maximum Gasteiger partial charge on any atom is 0.146 e. The van der Waals surface area contributed by atoms with E-state index in [1.165, 1.54) is 23.5 Å². The van der Waals surface area contributed by atoms with Gasteiger partial charge >= 0.3 is 0 Å². The molecule has 8 rings (SSSR count). The Hall–Kier alpha value is -5.07. The van der Waals surface area contributed by atoms with Crippen LogP contribution in [-0.4, -0.2) is 0 Å². The van der Waals surface area contributed by atoms with Crippen LogP contribution in [0, 0.1) is 17.5 Å². The standard InChI is InChI=1S/C36H20F3NOS/c37-22-18-27(38)33(28(39)19-22)21-14-16-24(17-15-21)40(23-8-2-1-3-9-23)29-20-32-35(26-11-5-7-13-31(26)42-32)36-34(29)25-10-4-6-12-30(25)41-36/h1-20H/i1D,2D,3D,8D,9D. The average Bonchev–Trinajstić information content (AvgIpc) is 3.63. The summed E-state index contributed by atoms with van der Waals surface area (Å²) < 4.78 is 94.5. The summed E-state index contributed by atoms with van der Waals surface area (Å²) >= 11 is 1.53. The first-order valence-electron chi connectivity index (χ1n) is 15.5. The van der Waals surface area contributed by atoms with Crippen LogP contribution in [0.4, 0.5) is 30.2 Å². The van der Waals surface area contributed by atoms with Crippen LogP contribution in [0.25, 0.3) is 53.2 Å². The maximum atomic E-state index is 14.7. The molecule has 0 atom stereocenters. The van der Waals surface area contributed by atoms with Crippen molar-refractivity contribution >= 4 is 70.5 Å². The molecule has 202 valence electrons. The molecule has 0 radical (unpaired) electrons. The van der Waals surface area contributed by atoms with Crippen molar-refractivity contribution in [1.29, 1.82) is 0 Å². The van der Waals surface area contributed by atoms with Crippen molar-refractivity contribution in [2.45, 2.75) is 0 Å². The van der Waals surface area contributed by atoms with Gasteiger partial charge < -0.3 is 9.32 Å². The number of hydrogen-bond acceptors (Lipinski definition) is 3. The van der Waals surface area contributed by atoms with Crippen molar-refractivity contribution in [2.75, 3.05) is 4.90 Å². The summed E-state index contributed by atoms with van der Waals surface area (Å²) in [4.78, 5) is 1.56. The molecule has 6 aromatic carbocycles. The third-order valence-electron chi connectivity index (χ3n) is 7.34. The molecule has 2 aromatic heterocycles. The summed E-state index contributed by atoms with van der Waals surface area (Å²) in [6, 6.07) is 22.0. The lowest BCUT2D eigenvalue weighted by molar-refractivity contribution is 0.548. The van der Waals surface area contributed by atoms with E-state index in [9.17, 15) is 13.2 Å². The highest BCUT2D eigenvalue weighted by Crippen LogP contribution is 2.49. The SMILES string of the molecule is [2H]c1c([2H])c([2H])c(N(c2ccc(-c3c(F)cc(F)cc3F)cc2)c2cc3sc4ccccc4c3c3oc4ccccc4c23)c([2H])c1[2H]. The van der Waals surface area contributed by atoms with Crippen molar-refractivity contribution in [1.82, 2.24) is 0 Å². The largest absolute Gasteiger partial charge is 0.455 e. The molecular formula is C36H20F3NOS. The molecule has 0 saturated carbocycles. The monoisotopic (exact) mass is 576 g/mol. The van der Waals surface area contributed by atoms with Gasteiger partial charge in [-0.05, 0) is 48.0 Å². The summed E-state index contributed by atoms with van der Waals surface area (Å²) in [7, 11) is 0. The van der Waals surface area contributed by atoms with Crippen LogP contribution >= 0.6 is 11.3 Å². The zero-order chi connectivity index (χ0) is 32.7. The Balaban J connectivity index is 1.48. The Morgan fingerprint density at radius 1 is 0.667 bits per heavy atom. The molecule has 0 N–H and O–H groups in total. The Morgan fingerprint density at radius 3 is 2.12 bits per heavy atom. The number of rotatable bonds is 4. The Bertz CT molecular complexity index is 2530. The highest BCUT2D eigenvalue weighted by atomic mass is 32.1. The molecule has 0 amide bonds. The van der Waals surface area contributed by atoms with Crippen LogP contribution in [0.3, 0.4) is 0 Å². The van der Waals surface area contributed by atoms with Gasteiger partial charge in [-0.15, -0.1) is 11.3 Å². The van der Waals surface area contributed by atoms with Crippen LogP contribution in [0.1, 0.15) is 6.85 Å². The smallest absolute Gasteiger partial charge is 0.146 e. The molecular weight excluding hydrogens is 551 g/mol. The zero-order valence-electron chi connectivity index (χ0n) is 26.6.